The molecule has 0 spiro atoms. The molecule has 0 aliphatic carbocycles. The van der Waals surface area contributed by atoms with Crippen LogP contribution in [0.15, 0.2) is 16.7 Å². The third-order valence-electron chi connectivity index (χ3n) is 2.27. The molecule has 1 N–H and O–H groups in total. The zero-order valence-corrected chi connectivity index (χ0v) is 11.0. The van der Waals surface area contributed by atoms with Crippen molar-refractivity contribution in [3.8, 4) is 5.88 Å². The lowest BCUT2D eigenvalue weighted by Crippen LogP contribution is -2.28. The second kappa shape index (κ2) is 4.82. The summed E-state index contributed by atoms with van der Waals surface area (Å²) < 4.78 is 6.20. The number of pyridine rings is 1. The smallest absolute Gasteiger partial charge is 0.341 e. The first kappa shape index (κ1) is 13.0. The van der Waals surface area contributed by atoms with E-state index in [9.17, 15) is 4.79 Å². The van der Waals surface area contributed by atoms with E-state index in [4.69, 9.17) is 9.84 Å². The number of carbonyl (C=O) groups is 1. The maximum absolute atomic E-state index is 11.0. The molecule has 1 aromatic heterocycles. The third-order valence-corrected chi connectivity index (χ3v) is 2.71. The SMILES string of the molecule is CCC(C)(C)Oc1ncc(Br)cc1C(=O)O. The van der Waals surface area contributed by atoms with Gasteiger partial charge in [0.15, 0.2) is 0 Å². The molecule has 0 aliphatic rings. The van der Waals surface area contributed by atoms with E-state index in [2.05, 4.69) is 20.9 Å². The molecule has 0 bridgehead atoms. The van der Waals surface area contributed by atoms with Gasteiger partial charge in [0.05, 0.1) is 0 Å². The van der Waals surface area contributed by atoms with Crippen LogP contribution in [0, 0.1) is 0 Å². The van der Waals surface area contributed by atoms with Crippen molar-refractivity contribution in [1.29, 1.82) is 0 Å². The van der Waals surface area contributed by atoms with Gasteiger partial charge in [-0.05, 0) is 42.3 Å². The van der Waals surface area contributed by atoms with Gasteiger partial charge in [0.1, 0.15) is 11.2 Å². The number of hydrogen-bond donors (Lipinski definition) is 1. The van der Waals surface area contributed by atoms with Gasteiger partial charge >= 0.3 is 5.97 Å². The number of rotatable bonds is 4. The van der Waals surface area contributed by atoms with Crippen LogP contribution in [-0.4, -0.2) is 21.7 Å². The fraction of sp³-hybridized carbons (Fsp3) is 0.455. The van der Waals surface area contributed by atoms with Gasteiger partial charge in [0, 0.05) is 10.7 Å². The fourth-order valence-corrected chi connectivity index (χ4v) is 1.33. The van der Waals surface area contributed by atoms with Crippen molar-refractivity contribution in [2.24, 2.45) is 0 Å². The molecule has 4 nitrogen and oxygen atoms in total. The number of aromatic carboxylic acids is 1. The lowest BCUT2D eigenvalue weighted by Gasteiger charge is -2.24. The van der Waals surface area contributed by atoms with Gasteiger partial charge in [0.25, 0.3) is 0 Å². The highest BCUT2D eigenvalue weighted by molar-refractivity contribution is 9.10. The monoisotopic (exact) mass is 287 g/mol. The minimum absolute atomic E-state index is 0.0656. The summed E-state index contributed by atoms with van der Waals surface area (Å²) in [5.41, 5.74) is -0.360. The van der Waals surface area contributed by atoms with E-state index in [1.54, 1.807) is 0 Å². The Balaban J connectivity index is 3.09. The van der Waals surface area contributed by atoms with Crippen molar-refractivity contribution in [1.82, 2.24) is 4.98 Å². The highest BCUT2D eigenvalue weighted by Gasteiger charge is 2.22. The average molecular weight is 288 g/mol. The number of nitrogens with zero attached hydrogens (tertiary/aromatic N) is 1. The molecule has 0 amide bonds. The Morgan fingerprint density at radius 1 is 1.62 bits per heavy atom. The lowest BCUT2D eigenvalue weighted by atomic mass is 10.1. The molecule has 16 heavy (non-hydrogen) atoms. The van der Waals surface area contributed by atoms with Crippen LogP contribution in [0.1, 0.15) is 37.6 Å². The van der Waals surface area contributed by atoms with Gasteiger partial charge in [-0.1, -0.05) is 6.92 Å². The van der Waals surface area contributed by atoms with E-state index in [-0.39, 0.29) is 11.4 Å². The molecule has 0 saturated carbocycles. The van der Waals surface area contributed by atoms with Gasteiger partial charge in [0.2, 0.25) is 5.88 Å². The molecular weight excluding hydrogens is 274 g/mol. The summed E-state index contributed by atoms with van der Waals surface area (Å²) in [4.78, 5) is 15.0. The van der Waals surface area contributed by atoms with Crippen LogP contribution in [0.3, 0.4) is 0 Å². The van der Waals surface area contributed by atoms with E-state index < -0.39 is 11.6 Å². The van der Waals surface area contributed by atoms with Crippen molar-refractivity contribution in [3.05, 3.63) is 22.3 Å². The van der Waals surface area contributed by atoms with Crippen LogP contribution >= 0.6 is 15.9 Å². The van der Waals surface area contributed by atoms with Crippen LogP contribution in [0.5, 0.6) is 5.88 Å². The summed E-state index contributed by atoms with van der Waals surface area (Å²) in [5.74, 6) is -0.891. The van der Waals surface area contributed by atoms with Crippen LogP contribution in [0.2, 0.25) is 0 Å². The van der Waals surface area contributed by atoms with Crippen molar-refractivity contribution >= 4 is 21.9 Å². The summed E-state index contributed by atoms with van der Waals surface area (Å²) in [6.45, 7) is 5.75. The van der Waals surface area contributed by atoms with Crippen LogP contribution in [0.25, 0.3) is 0 Å². The number of hydrogen-bond acceptors (Lipinski definition) is 3. The molecule has 0 atom stereocenters. The van der Waals surface area contributed by atoms with Gasteiger partial charge in [-0.15, -0.1) is 0 Å². The Morgan fingerprint density at radius 3 is 2.75 bits per heavy atom. The molecule has 1 aromatic rings. The zero-order valence-electron chi connectivity index (χ0n) is 9.45. The van der Waals surface area contributed by atoms with E-state index in [1.807, 2.05) is 20.8 Å². The van der Waals surface area contributed by atoms with Crippen LogP contribution in [0.4, 0.5) is 0 Å². The predicted molar refractivity (Wildman–Crippen MR) is 63.9 cm³/mol. The quantitative estimate of drug-likeness (QED) is 0.924. The number of ether oxygens (including phenoxy) is 1. The highest BCUT2D eigenvalue weighted by Crippen LogP contribution is 2.25. The predicted octanol–water partition coefficient (Wildman–Crippen LogP) is 3.11. The minimum Gasteiger partial charge on any atom is -0.477 e. The van der Waals surface area contributed by atoms with Gasteiger partial charge in [-0.25, -0.2) is 9.78 Å². The van der Waals surface area contributed by atoms with E-state index in [0.717, 1.165) is 6.42 Å². The summed E-state index contributed by atoms with van der Waals surface area (Å²) in [7, 11) is 0. The van der Waals surface area contributed by atoms with Gasteiger partial charge in [-0.2, -0.15) is 0 Å². The Bertz CT molecular complexity index is 404. The van der Waals surface area contributed by atoms with Crippen molar-refractivity contribution < 1.29 is 14.6 Å². The maximum Gasteiger partial charge on any atom is 0.341 e. The van der Waals surface area contributed by atoms with Crippen LogP contribution in [-0.2, 0) is 0 Å². The number of carboxylic acids is 1. The van der Waals surface area contributed by atoms with Gasteiger partial charge in [-0.3, -0.25) is 0 Å². The molecule has 0 aliphatic heterocycles. The molecular formula is C11H14BrNO3. The highest BCUT2D eigenvalue weighted by atomic mass is 79.9. The number of aromatic nitrogens is 1. The zero-order chi connectivity index (χ0) is 12.3. The normalized spacial score (nSPS) is 11.2. The fourth-order valence-electron chi connectivity index (χ4n) is 0.995. The average Bonchev–Trinajstić information content (AvgIpc) is 2.20. The molecule has 1 heterocycles. The first-order valence-corrected chi connectivity index (χ1v) is 5.73. The Hall–Kier alpha value is -1.10. The summed E-state index contributed by atoms with van der Waals surface area (Å²) in [6.07, 6.45) is 2.29. The molecule has 0 radical (unpaired) electrons. The molecule has 1 rings (SSSR count). The first-order chi connectivity index (χ1) is 7.35. The topological polar surface area (TPSA) is 59.4 Å². The molecule has 0 fully saturated rings. The lowest BCUT2D eigenvalue weighted by molar-refractivity contribution is 0.0664. The number of halogens is 1. The van der Waals surface area contributed by atoms with Crippen molar-refractivity contribution in [2.75, 3.05) is 0 Å². The largest absolute Gasteiger partial charge is 0.477 e. The second-order valence-corrected chi connectivity index (χ2v) is 4.94. The Labute approximate surface area is 103 Å². The van der Waals surface area contributed by atoms with Crippen molar-refractivity contribution in [3.63, 3.8) is 0 Å². The van der Waals surface area contributed by atoms with Gasteiger partial charge < -0.3 is 9.84 Å². The van der Waals surface area contributed by atoms with E-state index >= 15 is 0 Å². The molecule has 0 unspecified atom stereocenters. The van der Waals surface area contributed by atoms with Crippen molar-refractivity contribution in [2.45, 2.75) is 32.8 Å². The third kappa shape index (κ3) is 3.20. The molecule has 0 saturated heterocycles. The Kier molecular flexibility index (Phi) is 3.91. The minimum atomic E-state index is -1.05. The van der Waals surface area contributed by atoms with Crippen LogP contribution < -0.4 is 4.74 Å². The standard InChI is InChI=1S/C11H14BrNO3/c1-4-11(2,3)16-9-8(10(14)15)5-7(12)6-13-9/h5-6H,4H2,1-3H3,(H,14,15). The number of carboxylic acid groups (broad SMARTS) is 1. The second-order valence-electron chi connectivity index (χ2n) is 4.03. The summed E-state index contributed by atoms with van der Waals surface area (Å²) >= 11 is 3.18. The Morgan fingerprint density at radius 2 is 2.25 bits per heavy atom. The van der Waals surface area contributed by atoms with E-state index in [0.29, 0.717) is 4.47 Å². The molecule has 5 heteroatoms. The molecule has 88 valence electrons. The van der Waals surface area contributed by atoms with E-state index in [1.165, 1.54) is 12.3 Å². The maximum atomic E-state index is 11.0. The summed E-state index contributed by atoms with van der Waals surface area (Å²) in [5, 5.41) is 9.02. The first-order valence-electron chi connectivity index (χ1n) is 4.93. The molecule has 0 aromatic carbocycles. The summed E-state index contributed by atoms with van der Waals surface area (Å²) in [6, 6.07) is 1.48.